The van der Waals surface area contributed by atoms with Gasteiger partial charge in [-0.05, 0) is 17.7 Å². The molecular weight excluding hydrogens is 232 g/mol. The second-order valence-corrected chi connectivity index (χ2v) is 3.59. The van der Waals surface area contributed by atoms with Crippen LogP contribution in [-0.4, -0.2) is 21.3 Å². The maximum Gasteiger partial charge on any atom is 0.203 e. The van der Waals surface area contributed by atoms with Gasteiger partial charge in [0.15, 0.2) is 11.5 Å². The Morgan fingerprint density at radius 2 is 1.78 bits per heavy atom. The number of methoxy groups -OCH3 is 3. The van der Waals surface area contributed by atoms with Gasteiger partial charge in [0.1, 0.15) is 0 Å². The minimum Gasteiger partial charge on any atom is -0.493 e. The summed E-state index contributed by atoms with van der Waals surface area (Å²) in [5.74, 6) is 9.74. The fourth-order valence-electron chi connectivity index (χ4n) is 1.69. The van der Waals surface area contributed by atoms with Crippen LogP contribution in [0, 0.1) is 12.3 Å². The highest BCUT2D eigenvalue weighted by Crippen LogP contribution is 2.39. The standard InChI is InChI=1S/C13H18N2O3/c1-5-6-10(15-14)9-7-11(16-2)13(18-4)12(8-9)17-3/h1,7-8,10,15H,6,14H2,2-4H3. The quantitative estimate of drug-likeness (QED) is 0.452. The second kappa shape index (κ2) is 6.74. The highest BCUT2D eigenvalue weighted by Gasteiger charge is 2.17. The molecule has 0 radical (unpaired) electrons. The maximum atomic E-state index is 5.49. The third kappa shape index (κ3) is 2.86. The molecule has 0 aromatic heterocycles. The van der Waals surface area contributed by atoms with Gasteiger partial charge in [-0.15, -0.1) is 12.3 Å². The van der Waals surface area contributed by atoms with Gasteiger partial charge in [0.2, 0.25) is 5.75 Å². The van der Waals surface area contributed by atoms with Crippen LogP contribution in [0.2, 0.25) is 0 Å². The topological polar surface area (TPSA) is 65.7 Å². The normalized spacial score (nSPS) is 11.5. The summed E-state index contributed by atoms with van der Waals surface area (Å²) in [6.45, 7) is 0. The lowest BCUT2D eigenvalue weighted by molar-refractivity contribution is 0.323. The Bertz CT molecular complexity index is 415. The van der Waals surface area contributed by atoms with E-state index in [2.05, 4.69) is 11.3 Å². The number of ether oxygens (including phenoxy) is 3. The molecule has 5 nitrogen and oxygen atoms in total. The van der Waals surface area contributed by atoms with Crippen LogP contribution in [-0.2, 0) is 0 Å². The van der Waals surface area contributed by atoms with Gasteiger partial charge in [0.25, 0.3) is 0 Å². The van der Waals surface area contributed by atoms with E-state index in [9.17, 15) is 0 Å². The molecule has 1 aromatic rings. The van der Waals surface area contributed by atoms with Crippen LogP contribution < -0.4 is 25.5 Å². The van der Waals surface area contributed by atoms with Gasteiger partial charge >= 0.3 is 0 Å². The highest BCUT2D eigenvalue weighted by molar-refractivity contribution is 5.54. The summed E-state index contributed by atoms with van der Waals surface area (Å²) in [6, 6.07) is 3.48. The van der Waals surface area contributed by atoms with Gasteiger partial charge in [-0.2, -0.15) is 0 Å². The van der Waals surface area contributed by atoms with Gasteiger partial charge in [0.05, 0.1) is 27.4 Å². The monoisotopic (exact) mass is 250 g/mol. The Kier molecular flexibility index (Phi) is 5.31. The summed E-state index contributed by atoms with van der Waals surface area (Å²) in [4.78, 5) is 0. The summed E-state index contributed by atoms with van der Waals surface area (Å²) in [5, 5.41) is 0. The lowest BCUT2D eigenvalue weighted by Crippen LogP contribution is -2.27. The van der Waals surface area contributed by atoms with Crippen molar-refractivity contribution in [1.82, 2.24) is 5.43 Å². The molecule has 5 heteroatoms. The van der Waals surface area contributed by atoms with Crippen molar-refractivity contribution in [1.29, 1.82) is 0 Å². The van der Waals surface area contributed by atoms with Crippen molar-refractivity contribution in [3.8, 4) is 29.6 Å². The molecule has 0 amide bonds. The van der Waals surface area contributed by atoms with Crippen LogP contribution in [0.3, 0.4) is 0 Å². The third-order valence-corrected chi connectivity index (χ3v) is 2.61. The van der Waals surface area contributed by atoms with E-state index in [-0.39, 0.29) is 6.04 Å². The van der Waals surface area contributed by atoms with Gasteiger partial charge in [-0.1, -0.05) is 0 Å². The van der Waals surface area contributed by atoms with Crippen LogP contribution >= 0.6 is 0 Å². The number of hydrogen-bond donors (Lipinski definition) is 2. The zero-order valence-corrected chi connectivity index (χ0v) is 10.8. The number of nitrogens with two attached hydrogens (primary N) is 1. The number of hydrazine groups is 1. The van der Waals surface area contributed by atoms with E-state index in [0.717, 1.165) is 5.56 Å². The first kappa shape index (κ1) is 14.2. The molecule has 3 N–H and O–H groups in total. The number of nitrogens with one attached hydrogen (secondary N) is 1. The first-order valence-electron chi connectivity index (χ1n) is 5.41. The van der Waals surface area contributed by atoms with Crippen LogP contribution in [0.4, 0.5) is 0 Å². The Morgan fingerprint density at radius 1 is 1.22 bits per heavy atom. The molecule has 0 aliphatic carbocycles. The van der Waals surface area contributed by atoms with Crippen LogP contribution in [0.25, 0.3) is 0 Å². The highest BCUT2D eigenvalue weighted by atomic mass is 16.5. The van der Waals surface area contributed by atoms with Gasteiger partial charge in [-0.3, -0.25) is 11.3 Å². The molecule has 0 fully saturated rings. The molecule has 1 rings (SSSR count). The van der Waals surface area contributed by atoms with Crippen molar-refractivity contribution in [2.24, 2.45) is 5.84 Å². The molecule has 0 heterocycles. The summed E-state index contributed by atoms with van der Waals surface area (Å²) in [6.07, 6.45) is 5.77. The van der Waals surface area contributed by atoms with Crippen LogP contribution in [0.5, 0.6) is 17.2 Å². The Morgan fingerprint density at radius 3 is 2.11 bits per heavy atom. The van der Waals surface area contributed by atoms with E-state index in [1.54, 1.807) is 21.3 Å². The summed E-state index contributed by atoms with van der Waals surface area (Å²) < 4.78 is 15.8. The Labute approximate surface area is 107 Å². The average Bonchev–Trinajstić information content (AvgIpc) is 2.42. The number of terminal acetylenes is 1. The van der Waals surface area contributed by atoms with E-state index < -0.39 is 0 Å². The van der Waals surface area contributed by atoms with E-state index >= 15 is 0 Å². The molecule has 1 unspecified atom stereocenters. The molecule has 0 bridgehead atoms. The smallest absolute Gasteiger partial charge is 0.203 e. The van der Waals surface area contributed by atoms with E-state index in [1.165, 1.54) is 0 Å². The summed E-state index contributed by atoms with van der Waals surface area (Å²) in [7, 11) is 4.68. The minimum absolute atomic E-state index is 0.163. The lowest BCUT2D eigenvalue weighted by Gasteiger charge is -2.18. The number of rotatable bonds is 6. The van der Waals surface area contributed by atoms with Crippen molar-refractivity contribution in [3.05, 3.63) is 17.7 Å². The molecule has 0 aliphatic rings. The van der Waals surface area contributed by atoms with E-state index in [4.69, 9.17) is 26.5 Å². The van der Waals surface area contributed by atoms with Crippen molar-refractivity contribution in [2.75, 3.05) is 21.3 Å². The SMILES string of the molecule is C#CCC(NN)c1cc(OC)c(OC)c(OC)c1. The van der Waals surface area contributed by atoms with E-state index in [1.807, 2.05) is 12.1 Å². The molecule has 98 valence electrons. The fourth-order valence-corrected chi connectivity index (χ4v) is 1.69. The fraction of sp³-hybridized carbons (Fsp3) is 0.385. The predicted octanol–water partition coefficient (Wildman–Crippen LogP) is 1.24. The molecule has 0 aliphatic heterocycles. The molecular formula is C13H18N2O3. The van der Waals surface area contributed by atoms with Crippen molar-refractivity contribution in [3.63, 3.8) is 0 Å². The lowest BCUT2D eigenvalue weighted by atomic mass is 10.0. The first-order valence-corrected chi connectivity index (χ1v) is 5.41. The average molecular weight is 250 g/mol. The first-order chi connectivity index (χ1) is 8.71. The minimum atomic E-state index is -0.163. The molecule has 0 spiro atoms. The molecule has 0 saturated carbocycles. The number of benzene rings is 1. The largest absolute Gasteiger partial charge is 0.493 e. The second-order valence-electron chi connectivity index (χ2n) is 3.59. The van der Waals surface area contributed by atoms with Gasteiger partial charge in [0, 0.05) is 6.42 Å². The Balaban J connectivity index is 3.26. The summed E-state index contributed by atoms with van der Waals surface area (Å²) in [5.41, 5.74) is 3.54. The molecule has 1 atom stereocenters. The zero-order valence-electron chi connectivity index (χ0n) is 10.8. The van der Waals surface area contributed by atoms with Gasteiger partial charge in [-0.25, -0.2) is 0 Å². The zero-order chi connectivity index (χ0) is 13.5. The summed E-state index contributed by atoms with van der Waals surface area (Å²) >= 11 is 0. The number of hydrogen-bond acceptors (Lipinski definition) is 5. The van der Waals surface area contributed by atoms with Crippen LogP contribution in [0.15, 0.2) is 12.1 Å². The van der Waals surface area contributed by atoms with Crippen LogP contribution in [0.1, 0.15) is 18.0 Å². The molecule has 1 aromatic carbocycles. The van der Waals surface area contributed by atoms with Gasteiger partial charge < -0.3 is 14.2 Å². The van der Waals surface area contributed by atoms with Crippen molar-refractivity contribution < 1.29 is 14.2 Å². The maximum absolute atomic E-state index is 5.49. The predicted molar refractivity (Wildman–Crippen MR) is 69.6 cm³/mol. The van der Waals surface area contributed by atoms with Crippen molar-refractivity contribution in [2.45, 2.75) is 12.5 Å². The third-order valence-electron chi connectivity index (χ3n) is 2.61. The Hall–Kier alpha value is -1.90. The van der Waals surface area contributed by atoms with Crippen molar-refractivity contribution >= 4 is 0 Å². The molecule has 18 heavy (non-hydrogen) atoms. The molecule has 0 saturated heterocycles. The van der Waals surface area contributed by atoms with E-state index in [0.29, 0.717) is 23.7 Å².